The number of ether oxygens (including phenoxy) is 1. The van der Waals surface area contributed by atoms with Crippen LogP contribution in [-0.2, 0) is 6.18 Å². The summed E-state index contributed by atoms with van der Waals surface area (Å²) in [6, 6.07) is 10.1. The molecular formula is C17H19F3N2O. The quantitative estimate of drug-likeness (QED) is 0.848. The molecule has 0 heterocycles. The summed E-state index contributed by atoms with van der Waals surface area (Å²) in [6.07, 6.45) is -4.41. The van der Waals surface area contributed by atoms with Crippen molar-refractivity contribution in [3.63, 3.8) is 0 Å². The zero-order chi connectivity index (χ0) is 17.0. The van der Waals surface area contributed by atoms with E-state index < -0.39 is 11.7 Å². The van der Waals surface area contributed by atoms with Gasteiger partial charge in [-0.2, -0.15) is 13.2 Å². The highest BCUT2D eigenvalue weighted by atomic mass is 19.4. The lowest BCUT2D eigenvalue weighted by Gasteiger charge is -2.16. The van der Waals surface area contributed by atoms with Gasteiger partial charge in [0.25, 0.3) is 0 Å². The van der Waals surface area contributed by atoms with Gasteiger partial charge in [0.2, 0.25) is 0 Å². The van der Waals surface area contributed by atoms with E-state index in [4.69, 9.17) is 10.5 Å². The molecule has 0 saturated carbocycles. The van der Waals surface area contributed by atoms with Gasteiger partial charge in [0.1, 0.15) is 12.4 Å². The van der Waals surface area contributed by atoms with Crippen LogP contribution in [0.4, 0.5) is 18.9 Å². The number of hydrogen-bond acceptors (Lipinski definition) is 3. The van der Waals surface area contributed by atoms with Gasteiger partial charge in [-0.05, 0) is 43.4 Å². The average Bonchev–Trinajstić information content (AvgIpc) is 2.48. The Kier molecular flexibility index (Phi) is 5.15. The van der Waals surface area contributed by atoms with Gasteiger partial charge >= 0.3 is 6.18 Å². The van der Waals surface area contributed by atoms with Crippen molar-refractivity contribution in [2.75, 3.05) is 33.0 Å². The first kappa shape index (κ1) is 17.1. The van der Waals surface area contributed by atoms with Crippen LogP contribution in [0.15, 0.2) is 42.5 Å². The van der Waals surface area contributed by atoms with E-state index in [9.17, 15) is 13.2 Å². The number of benzene rings is 2. The molecule has 2 rings (SSSR count). The van der Waals surface area contributed by atoms with E-state index in [0.29, 0.717) is 30.2 Å². The van der Waals surface area contributed by atoms with Gasteiger partial charge in [0, 0.05) is 6.54 Å². The number of alkyl halides is 3. The zero-order valence-corrected chi connectivity index (χ0v) is 13.0. The highest BCUT2D eigenvalue weighted by molar-refractivity contribution is 5.72. The third-order valence-corrected chi connectivity index (χ3v) is 3.35. The average molecular weight is 324 g/mol. The van der Waals surface area contributed by atoms with Crippen LogP contribution >= 0.6 is 0 Å². The van der Waals surface area contributed by atoms with Gasteiger partial charge in [0.05, 0.1) is 11.3 Å². The van der Waals surface area contributed by atoms with Crippen LogP contribution < -0.4 is 10.5 Å². The molecule has 0 aliphatic rings. The van der Waals surface area contributed by atoms with Crippen LogP contribution in [0.2, 0.25) is 0 Å². The van der Waals surface area contributed by atoms with Gasteiger partial charge in [-0.3, -0.25) is 0 Å². The van der Waals surface area contributed by atoms with E-state index in [1.807, 2.05) is 19.0 Å². The Morgan fingerprint density at radius 3 is 2.43 bits per heavy atom. The monoisotopic (exact) mass is 324 g/mol. The van der Waals surface area contributed by atoms with Crippen molar-refractivity contribution in [1.82, 2.24) is 4.90 Å². The Bertz CT molecular complexity index is 669. The van der Waals surface area contributed by atoms with Gasteiger partial charge in [0.15, 0.2) is 0 Å². The number of hydrogen-bond donors (Lipinski definition) is 1. The maximum atomic E-state index is 13.1. The number of rotatable bonds is 5. The smallest absolute Gasteiger partial charge is 0.417 e. The molecule has 2 aromatic rings. The van der Waals surface area contributed by atoms with Gasteiger partial charge in [-0.25, -0.2) is 0 Å². The fourth-order valence-corrected chi connectivity index (χ4v) is 2.15. The zero-order valence-electron chi connectivity index (χ0n) is 13.0. The summed E-state index contributed by atoms with van der Waals surface area (Å²) >= 11 is 0. The number of nitrogens with zero attached hydrogens (tertiary/aromatic N) is 1. The molecule has 2 aromatic carbocycles. The van der Waals surface area contributed by atoms with Crippen molar-refractivity contribution in [3.05, 3.63) is 48.0 Å². The molecule has 124 valence electrons. The third-order valence-electron chi connectivity index (χ3n) is 3.35. The first-order chi connectivity index (χ1) is 10.8. The lowest BCUT2D eigenvalue weighted by molar-refractivity contribution is -0.137. The van der Waals surface area contributed by atoms with Crippen molar-refractivity contribution in [3.8, 4) is 16.9 Å². The van der Waals surface area contributed by atoms with Crippen LogP contribution in [0.25, 0.3) is 11.1 Å². The molecule has 0 amide bonds. The second-order valence-electron chi connectivity index (χ2n) is 5.45. The molecule has 3 nitrogen and oxygen atoms in total. The Morgan fingerprint density at radius 2 is 1.78 bits per heavy atom. The van der Waals surface area contributed by atoms with Crippen molar-refractivity contribution in [2.24, 2.45) is 0 Å². The minimum Gasteiger partial charge on any atom is -0.490 e. The van der Waals surface area contributed by atoms with Crippen LogP contribution in [-0.4, -0.2) is 32.1 Å². The predicted molar refractivity (Wildman–Crippen MR) is 85.3 cm³/mol. The second-order valence-corrected chi connectivity index (χ2v) is 5.45. The Labute approximate surface area is 133 Å². The van der Waals surface area contributed by atoms with E-state index in [-0.39, 0.29) is 5.56 Å². The van der Waals surface area contributed by atoms with Gasteiger partial charge in [-0.15, -0.1) is 0 Å². The highest BCUT2D eigenvalue weighted by Crippen LogP contribution is 2.38. The Balaban J connectivity index is 2.35. The molecule has 6 heteroatoms. The summed E-state index contributed by atoms with van der Waals surface area (Å²) in [5, 5.41) is 0. The summed E-state index contributed by atoms with van der Waals surface area (Å²) in [7, 11) is 3.81. The van der Waals surface area contributed by atoms with E-state index in [2.05, 4.69) is 0 Å². The summed E-state index contributed by atoms with van der Waals surface area (Å²) in [4.78, 5) is 1.94. The molecule has 2 N–H and O–H groups in total. The van der Waals surface area contributed by atoms with E-state index in [0.717, 1.165) is 6.07 Å². The Morgan fingerprint density at radius 1 is 1.09 bits per heavy atom. The van der Waals surface area contributed by atoms with Crippen molar-refractivity contribution >= 4 is 5.69 Å². The lowest BCUT2D eigenvalue weighted by atomic mass is 9.99. The van der Waals surface area contributed by atoms with Gasteiger partial charge in [-0.1, -0.05) is 24.3 Å². The SMILES string of the molecule is CN(C)CCOc1cc(-c2ccccc2C(F)(F)F)ccc1N. The van der Waals surface area contributed by atoms with Crippen molar-refractivity contribution in [2.45, 2.75) is 6.18 Å². The number of nitrogen functional groups attached to an aromatic ring is 1. The minimum absolute atomic E-state index is 0.109. The molecule has 0 aliphatic heterocycles. The summed E-state index contributed by atoms with van der Waals surface area (Å²) in [5.41, 5.74) is 6.10. The molecule has 0 atom stereocenters. The van der Waals surface area contributed by atoms with Crippen molar-refractivity contribution < 1.29 is 17.9 Å². The van der Waals surface area contributed by atoms with Crippen LogP contribution in [0, 0.1) is 0 Å². The minimum atomic E-state index is -4.41. The first-order valence-corrected chi connectivity index (χ1v) is 7.12. The van der Waals surface area contributed by atoms with Crippen LogP contribution in [0.1, 0.15) is 5.56 Å². The second kappa shape index (κ2) is 6.91. The summed E-state index contributed by atoms with van der Waals surface area (Å²) in [6.45, 7) is 1.09. The highest BCUT2D eigenvalue weighted by Gasteiger charge is 2.33. The van der Waals surface area contributed by atoms with Gasteiger partial charge < -0.3 is 15.4 Å². The number of likely N-dealkylation sites (N-methyl/N-ethyl adjacent to an activating group) is 1. The van der Waals surface area contributed by atoms with E-state index >= 15 is 0 Å². The number of halogens is 3. The van der Waals surface area contributed by atoms with E-state index in [1.165, 1.54) is 12.1 Å². The molecule has 0 spiro atoms. The maximum Gasteiger partial charge on any atom is 0.417 e. The lowest BCUT2D eigenvalue weighted by Crippen LogP contribution is -2.19. The molecule has 23 heavy (non-hydrogen) atoms. The first-order valence-electron chi connectivity index (χ1n) is 7.12. The molecule has 0 radical (unpaired) electrons. The normalized spacial score (nSPS) is 11.7. The molecule has 0 saturated heterocycles. The summed E-state index contributed by atoms with van der Waals surface area (Å²) in [5.74, 6) is 0.390. The molecule has 0 unspecified atom stereocenters. The topological polar surface area (TPSA) is 38.5 Å². The standard InChI is InChI=1S/C17H19F3N2O/c1-22(2)9-10-23-16-11-12(7-8-15(16)21)13-5-3-4-6-14(13)17(18,19)20/h3-8,11H,9-10,21H2,1-2H3. The van der Waals surface area contributed by atoms with Crippen LogP contribution in [0.3, 0.4) is 0 Å². The predicted octanol–water partition coefficient (Wildman–Crippen LogP) is 3.90. The summed E-state index contributed by atoms with van der Waals surface area (Å²) < 4.78 is 45.0. The van der Waals surface area contributed by atoms with Crippen LogP contribution in [0.5, 0.6) is 5.75 Å². The molecular weight excluding hydrogens is 305 g/mol. The number of anilines is 1. The maximum absolute atomic E-state index is 13.1. The Hall–Kier alpha value is -2.21. The molecule has 0 fully saturated rings. The molecule has 0 bridgehead atoms. The molecule has 0 aromatic heterocycles. The molecule has 0 aliphatic carbocycles. The fraction of sp³-hybridized carbons (Fsp3) is 0.294. The number of nitrogens with two attached hydrogens (primary N) is 1. The third kappa shape index (κ3) is 4.39. The fourth-order valence-electron chi connectivity index (χ4n) is 2.15. The largest absolute Gasteiger partial charge is 0.490 e. The van der Waals surface area contributed by atoms with E-state index in [1.54, 1.807) is 24.3 Å². The van der Waals surface area contributed by atoms with Crippen molar-refractivity contribution in [1.29, 1.82) is 0 Å².